The molecule has 1 heterocycles. The van der Waals surface area contributed by atoms with Gasteiger partial charge in [-0.3, -0.25) is 0 Å². The second kappa shape index (κ2) is 5.77. The van der Waals surface area contributed by atoms with Gasteiger partial charge in [-0.1, -0.05) is 0 Å². The summed E-state index contributed by atoms with van der Waals surface area (Å²) in [7, 11) is 0. The first-order chi connectivity index (χ1) is 7.38. The van der Waals surface area contributed by atoms with Crippen molar-refractivity contribution in [3.63, 3.8) is 0 Å². The third-order valence-electron chi connectivity index (χ3n) is 2.39. The highest BCUT2D eigenvalue weighted by Crippen LogP contribution is 2.17. The molecule has 2 atom stereocenters. The van der Waals surface area contributed by atoms with Crippen LogP contribution in [0.3, 0.4) is 0 Å². The van der Waals surface area contributed by atoms with Gasteiger partial charge in [0, 0.05) is 12.1 Å². The molecule has 0 saturated carbocycles. The summed E-state index contributed by atoms with van der Waals surface area (Å²) in [6, 6.07) is 0.0902. The van der Waals surface area contributed by atoms with E-state index in [1.807, 2.05) is 32.5 Å². The lowest BCUT2D eigenvalue weighted by molar-refractivity contribution is 0.0495. The van der Waals surface area contributed by atoms with Crippen molar-refractivity contribution < 1.29 is 9.53 Å². The third-order valence-corrected chi connectivity index (χ3v) is 3.44. The van der Waals surface area contributed by atoms with Crippen LogP contribution in [0.15, 0.2) is 0 Å². The Hall–Kier alpha value is -0.420. The first-order valence-corrected chi connectivity index (χ1v) is 6.87. The largest absolute Gasteiger partial charge is 0.444 e. The maximum Gasteiger partial charge on any atom is 0.407 e. The number of ether oxygens (including phenoxy) is 1. The number of carbonyl (C=O) groups excluding carboxylic acids is 1. The number of hydrogen-bond donors (Lipinski definition) is 2. The molecule has 3 N–H and O–H groups in total. The van der Waals surface area contributed by atoms with Gasteiger partial charge in [-0.25, -0.2) is 4.79 Å². The van der Waals surface area contributed by atoms with Crippen molar-refractivity contribution >= 4 is 17.9 Å². The van der Waals surface area contributed by atoms with E-state index < -0.39 is 5.60 Å². The lowest BCUT2D eigenvalue weighted by Gasteiger charge is -2.25. The minimum Gasteiger partial charge on any atom is -0.444 e. The average molecular weight is 246 g/mol. The quantitative estimate of drug-likeness (QED) is 0.739. The molecule has 0 aromatic heterocycles. The van der Waals surface area contributed by atoms with Gasteiger partial charge in [0.1, 0.15) is 5.60 Å². The van der Waals surface area contributed by atoms with Crippen LogP contribution < -0.4 is 11.1 Å². The van der Waals surface area contributed by atoms with Crippen LogP contribution in [0.4, 0.5) is 4.79 Å². The van der Waals surface area contributed by atoms with Gasteiger partial charge < -0.3 is 15.8 Å². The predicted molar refractivity (Wildman–Crippen MR) is 67.7 cm³/mol. The Morgan fingerprint density at radius 2 is 2.00 bits per heavy atom. The summed E-state index contributed by atoms with van der Waals surface area (Å²) >= 11 is 1.89. The molecule has 1 amide bonds. The van der Waals surface area contributed by atoms with Crippen LogP contribution in [-0.2, 0) is 4.74 Å². The zero-order chi connectivity index (χ0) is 12.2. The van der Waals surface area contributed by atoms with E-state index in [0.29, 0.717) is 0 Å². The molecule has 0 aliphatic carbocycles. The highest BCUT2D eigenvalue weighted by Gasteiger charge is 2.24. The molecule has 1 saturated heterocycles. The number of thioether (sulfide) groups is 1. The zero-order valence-corrected chi connectivity index (χ0v) is 11.1. The van der Waals surface area contributed by atoms with E-state index in [0.717, 1.165) is 24.3 Å². The van der Waals surface area contributed by atoms with Crippen LogP contribution in [0.1, 0.15) is 33.6 Å². The third kappa shape index (κ3) is 5.07. The van der Waals surface area contributed by atoms with E-state index in [1.165, 1.54) is 0 Å². The number of hydrogen-bond acceptors (Lipinski definition) is 4. The van der Waals surface area contributed by atoms with Gasteiger partial charge in [-0.2, -0.15) is 11.8 Å². The lowest BCUT2D eigenvalue weighted by Crippen LogP contribution is -2.48. The summed E-state index contributed by atoms with van der Waals surface area (Å²) in [6.45, 7) is 5.57. The summed E-state index contributed by atoms with van der Waals surface area (Å²) in [4.78, 5) is 11.6. The van der Waals surface area contributed by atoms with Gasteiger partial charge in [0.2, 0.25) is 0 Å². The lowest BCUT2D eigenvalue weighted by atomic mass is 10.0. The summed E-state index contributed by atoms with van der Waals surface area (Å²) in [6.07, 6.45) is 1.51. The van der Waals surface area contributed by atoms with E-state index in [2.05, 4.69) is 5.32 Å². The highest BCUT2D eigenvalue weighted by atomic mass is 32.2. The van der Waals surface area contributed by atoms with Crippen LogP contribution in [0.5, 0.6) is 0 Å². The summed E-state index contributed by atoms with van der Waals surface area (Å²) in [5.41, 5.74) is 5.56. The minimum atomic E-state index is -0.451. The van der Waals surface area contributed by atoms with Crippen molar-refractivity contribution in [2.75, 3.05) is 11.5 Å². The number of rotatable bonds is 1. The molecular formula is C11H22N2O2S. The fourth-order valence-corrected chi connectivity index (χ4v) is 2.65. The van der Waals surface area contributed by atoms with Gasteiger partial charge in [0.15, 0.2) is 0 Å². The van der Waals surface area contributed by atoms with E-state index in [4.69, 9.17) is 10.5 Å². The Morgan fingerprint density at radius 1 is 1.38 bits per heavy atom. The van der Waals surface area contributed by atoms with Crippen molar-refractivity contribution in [3.05, 3.63) is 0 Å². The molecule has 1 aliphatic heterocycles. The summed E-state index contributed by atoms with van der Waals surface area (Å²) < 4.78 is 5.22. The van der Waals surface area contributed by atoms with E-state index in [9.17, 15) is 4.79 Å². The highest BCUT2D eigenvalue weighted by molar-refractivity contribution is 7.99. The monoisotopic (exact) mass is 246 g/mol. The van der Waals surface area contributed by atoms with Crippen LogP contribution in [-0.4, -0.2) is 35.3 Å². The van der Waals surface area contributed by atoms with Crippen LogP contribution >= 0.6 is 11.8 Å². The van der Waals surface area contributed by atoms with Crippen molar-refractivity contribution in [1.82, 2.24) is 5.32 Å². The number of amides is 1. The molecule has 0 radical (unpaired) electrons. The fraction of sp³-hybridized carbons (Fsp3) is 0.909. The molecule has 1 rings (SSSR count). The standard InChI is InChI=1S/C11H22N2O2S/c1-11(2,3)15-10(14)13-9-5-7-16-6-4-8(9)12/h8-9H,4-7,12H2,1-3H3,(H,13,14)/t8-,9+/m0/s1. The summed E-state index contributed by atoms with van der Waals surface area (Å²) in [5, 5.41) is 2.87. The molecule has 0 bridgehead atoms. The van der Waals surface area contributed by atoms with Gasteiger partial charge in [0.25, 0.3) is 0 Å². The first-order valence-electron chi connectivity index (χ1n) is 5.71. The van der Waals surface area contributed by atoms with Crippen molar-refractivity contribution in [2.24, 2.45) is 5.73 Å². The van der Waals surface area contributed by atoms with E-state index in [1.54, 1.807) is 0 Å². The average Bonchev–Trinajstić information content (AvgIpc) is 2.29. The fourth-order valence-electron chi connectivity index (χ4n) is 1.59. The molecule has 5 heteroatoms. The Morgan fingerprint density at radius 3 is 2.62 bits per heavy atom. The molecular weight excluding hydrogens is 224 g/mol. The Labute approximate surface area is 102 Å². The first kappa shape index (κ1) is 13.6. The number of nitrogens with one attached hydrogen (secondary N) is 1. The van der Waals surface area contributed by atoms with Crippen LogP contribution in [0.25, 0.3) is 0 Å². The smallest absolute Gasteiger partial charge is 0.407 e. The topological polar surface area (TPSA) is 64.3 Å². The minimum absolute atomic E-state index is 0.0440. The van der Waals surface area contributed by atoms with E-state index in [-0.39, 0.29) is 18.2 Å². The normalized spacial score (nSPS) is 27.0. The molecule has 0 aromatic carbocycles. The number of carbonyl (C=O) groups is 1. The predicted octanol–water partition coefficient (Wildman–Crippen LogP) is 1.73. The van der Waals surface area contributed by atoms with Gasteiger partial charge >= 0.3 is 6.09 Å². The number of nitrogens with two attached hydrogens (primary N) is 1. The van der Waals surface area contributed by atoms with Crippen molar-refractivity contribution in [2.45, 2.75) is 51.3 Å². The van der Waals surface area contributed by atoms with Gasteiger partial charge in [-0.15, -0.1) is 0 Å². The van der Waals surface area contributed by atoms with Crippen LogP contribution in [0.2, 0.25) is 0 Å². The molecule has 16 heavy (non-hydrogen) atoms. The zero-order valence-electron chi connectivity index (χ0n) is 10.3. The molecule has 1 fully saturated rings. The van der Waals surface area contributed by atoms with Crippen molar-refractivity contribution in [1.29, 1.82) is 0 Å². The molecule has 4 nitrogen and oxygen atoms in total. The number of alkyl carbamates (subject to hydrolysis) is 1. The second-order valence-electron chi connectivity index (χ2n) is 5.11. The second-order valence-corrected chi connectivity index (χ2v) is 6.33. The Bertz CT molecular complexity index is 241. The Balaban J connectivity index is 2.42. The summed E-state index contributed by atoms with van der Waals surface area (Å²) in [5.74, 6) is 2.13. The molecule has 0 spiro atoms. The SMILES string of the molecule is CC(C)(C)OC(=O)N[C@@H]1CCSCC[C@@H]1N. The van der Waals surface area contributed by atoms with Crippen LogP contribution in [0, 0.1) is 0 Å². The molecule has 0 aromatic rings. The molecule has 94 valence electrons. The van der Waals surface area contributed by atoms with Gasteiger partial charge in [-0.05, 0) is 45.1 Å². The maximum atomic E-state index is 11.6. The Kier molecular flexibility index (Phi) is 4.92. The van der Waals surface area contributed by atoms with E-state index >= 15 is 0 Å². The van der Waals surface area contributed by atoms with Gasteiger partial charge in [0.05, 0.1) is 0 Å². The van der Waals surface area contributed by atoms with Crippen molar-refractivity contribution in [3.8, 4) is 0 Å². The molecule has 1 aliphatic rings. The maximum absolute atomic E-state index is 11.6. The molecule has 0 unspecified atom stereocenters.